The topological polar surface area (TPSA) is 0 Å². The molecule has 0 aromatic heterocycles. The Morgan fingerprint density at radius 2 is 0.591 bits per heavy atom. The zero-order chi connectivity index (χ0) is 16.0. The van der Waals surface area contributed by atoms with Crippen LogP contribution in [-0.4, -0.2) is 37.0 Å². The molecule has 6 heteroatoms. The van der Waals surface area contributed by atoms with Gasteiger partial charge in [-0.25, -0.2) is 26.3 Å². The lowest BCUT2D eigenvalue weighted by Crippen LogP contribution is -2.23. The number of hydrogen-bond acceptors (Lipinski definition) is 0. The third-order valence-corrected chi connectivity index (χ3v) is 6.03. The number of halogens is 6. The Kier molecular flexibility index (Phi) is 4.66. The van der Waals surface area contributed by atoms with Crippen molar-refractivity contribution >= 4 is 0 Å². The van der Waals surface area contributed by atoms with E-state index in [9.17, 15) is 26.3 Å². The maximum absolute atomic E-state index is 14.3. The second kappa shape index (κ2) is 6.23. The van der Waals surface area contributed by atoms with Crippen molar-refractivity contribution < 1.29 is 26.3 Å². The third-order valence-electron chi connectivity index (χ3n) is 6.03. The summed E-state index contributed by atoms with van der Waals surface area (Å²) in [5.74, 6) is -4.13. The van der Waals surface area contributed by atoms with Gasteiger partial charge >= 0.3 is 0 Å². The highest BCUT2D eigenvalue weighted by molar-refractivity contribution is 5.02. The Hall–Kier alpha value is -0.420. The second-order valence-electron chi connectivity index (χ2n) is 7.18. The molecule has 0 heterocycles. The molecule has 0 N–H and O–H groups in total. The first-order valence-corrected chi connectivity index (χ1v) is 8.28. The summed E-state index contributed by atoms with van der Waals surface area (Å²) in [7, 11) is 0. The van der Waals surface area contributed by atoms with E-state index in [0.29, 0.717) is 0 Å². The van der Waals surface area contributed by atoms with Crippen LogP contribution in [0, 0.1) is 23.7 Å². The smallest absolute Gasteiger partial charge is 0.137 e. The summed E-state index contributed by atoms with van der Waals surface area (Å²) in [6.07, 6.45) is -9.78. The lowest BCUT2D eigenvalue weighted by Gasteiger charge is -2.22. The highest BCUT2D eigenvalue weighted by Gasteiger charge is 2.54. The van der Waals surface area contributed by atoms with Gasteiger partial charge in [-0.3, -0.25) is 0 Å². The van der Waals surface area contributed by atoms with Crippen LogP contribution in [0.5, 0.6) is 0 Å². The Morgan fingerprint density at radius 3 is 0.818 bits per heavy atom. The first-order chi connectivity index (χ1) is 10.4. The van der Waals surface area contributed by atoms with Gasteiger partial charge < -0.3 is 0 Å². The highest BCUT2D eigenvalue weighted by Crippen LogP contribution is 2.48. The second-order valence-corrected chi connectivity index (χ2v) is 7.18. The van der Waals surface area contributed by atoms with Crippen molar-refractivity contribution in [3.63, 3.8) is 0 Å². The fourth-order valence-electron chi connectivity index (χ4n) is 4.73. The molecule has 3 aliphatic carbocycles. The van der Waals surface area contributed by atoms with Crippen LogP contribution < -0.4 is 0 Å². The summed E-state index contributed by atoms with van der Waals surface area (Å²) in [4.78, 5) is 0. The van der Waals surface area contributed by atoms with Crippen LogP contribution in [0.3, 0.4) is 0 Å². The van der Waals surface area contributed by atoms with Crippen molar-refractivity contribution in [1.82, 2.24) is 0 Å². The monoisotopic (exact) mass is 328 g/mol. The summed E-state index contributed by atoms with van der Waals surface area (Å²) < 4.78 is 84.2. The van der Waals surface area contributed by atoms with Crippen LogP contribution in [0.1, 0.15) is 38.5 Å². The average molecular weight is 328 g/mol. The van der Waals surface area contributed by atoms with Gasteiger partial charge in [0.15, 0.2) is 0 Å². The van der Waals surface area contributed by atoms with Crippen molar-refractivity contribution in [2.45, 2.75) is 75.6 Å². The quantitative estimate of drug-likeness (QED) is 0.557. The fraction of sp³-hybridized carbons (Fsp3) is 1.00. The number of fused-ring (bicyclic) bond motifs is 4. The van der Waals surface area contributed by atoms with E-state index in [1.54, 1.807) is 0 Å². The number of hydrogen-bond donors (Lipinski definition) is 0. The Bertz CT molecular complexity index is 323. The molecule has 0 radical (unpaired) electrons. The normalized spacial score (nSPS) is 56.5. The molecule has 3 rings (SSSR count). The molecule has 3 saturated carbocycles. The van der Waals surface area contributed by atoms with Gasteiger partial charge in [0.25, 0.3) is 0 Å². The molecule has 0 aromatic carbocycles. The van der Waals surface area contributed by atoms with Crippen LogP contribution >= 0.6 is 0 Å². The Balaban J connectivity index is 1.77. The molecule has 0 amide bonds. The molecule has 3 aliphatic rings. The molecule has 22 heavy (non-hydrogen) atoms. The largest absolute Gasteiger partial charge is 0.247 e. The van der Waals surface area contributed by atoms with Crippen LogP contribution in [-0.2, 0) is 0 Å². The van der Waals surface area contributed by atoms with Gasteiger partial charge in [0.2, 0.25) is 0 Å². The molecule has 0 nitrogen and oxygen atoms in total. The van der Waals surface area contributed by atoms with Crippen molar-refractivity contribution in [1.29, 1.82) is 0 Å². The summed E-state index contributed by atoms with van der Waals surface area (Å²) in [6.45, 7) is 0. The lowest BCUT2D eigenvalue weighted by atomic mass is 9.87. The molecule has 8 unspecified atom stereocenters. The molecule has 128 valence electrons. The van der Waals surface area contributed by atoms with E-state index < -0.39 is 60.7 Å². The highest BCUT2D eigenvalue weighted by atomic mass is 19.2. The van der Waals surface area contributed by atoms with Gasteiger partial charge in [-0.15, -0.1) is 0 Å². The molecule has 4 bridgehead atoms. The fourth-order valence-corrected chi connectivity index (χ4v) is 4.73. The third kappa shape index (κ3) is 2.54. The van der Waals surface area contributed by atoms with E-state index >= 15 is 0 Å². The minimum absolute atomic E-state index is 0.0663. The standard InChI is InChI=1S/C16H22F6/c17-11-7-3-1-4-8-12(18)10(16(22)14(8)20)6-2-5-9(11)15(21)13(7)19/h7-16H,1-6H2. The molecule has 0 saturated heterocycles. The van der Waals surface area contributed by atoms with Crippen molar-refractivity contribution in [2.24, 2.45) is 23.7 Å². The number of rotatable bonds is 0. The van der Waals surface area contributed by atoms with E-state index in [1.807, 2.05) is 0 Å². The predicted molar refractivity (Wildman–Crippen MR) is 71.0 cm³/mol. The van der Waals surface area contributed by atoms with Gasteiger partial charge in [0.1, 0.15) is 37.0 Å². The van der Waals surface area contributed by atoms with E-state index in [-0.39, 0.29) is 38.5 Å². The van der Waals surface area contributed by atoms with E-state index in [4.69, 9.17) is 0 Å². The van der Waals surface area contributed by atoms with E-state index in [2.05, 4.69) is 0 Å². The average Bonchev–Trinajstić information content (AvgIpc) is 2.81. The Morgan fingerprint density at radius 1 is 0.364 bits per heavy atom. The molecule has 0 aromatic rings. The van der Waals surface area contributed by atoms with Crippen LogP contribution in [0.15, 0.2) is 0 Å². The summed E-state index contributed by atoms with van der Waals surface area (Å²) >= 11 is 0. The lowest BCUT2D eigenvalue weighted by molar-refractivity contribution is 0.120. The van der Waals surface area contributed by atoms with Crippen molar-refractivity contribution in [3.8, 4) is 0 Å². The minimum atomic E-state index is -1.84. The van der Waals surface area contributed by atoms with Gasteiger partial charge in [0, 0.05) is 23.7 Å². The van der Waals surface area contributed by atoms with Gasteiger partial charge in [-0.1, -0.05) is 12.8 Å². The summed E-state index contributed by atoms with van der Waals surface area (Å²) in [6, 6.07) is 0. The zero-order valence-electron chi connectivity index (χ0n) is 12.3. The number of alkyl halides is 6. The Labute approximate surface area is 126 Å². The maximum Gasteiger partial charge on any atom is 0.137 e. The molecular formula is C16H22F6. The summed E-state index contributed by atoms with van der Waals surface area (Å²) in [5, 5.41) is 0. The van der Waals surface area contributed by atoms with Gasteiger partial charge in [-0.05, 0) is 25.7 Å². The van der Waals surface area contributed by atoms with Crippen LogP contribution in [0.4, 0.5) is 26.3 Å². The van der Waals surface area contributed by atoms with Crippen molar-refractivity contribution in [2.75, 3.05) is 0 Å². The van der Waals surface area contributed by atoms with Crippen LogP contribution in [0.2, 0.25) is 0 Å². The minimum Gasteiger partial charge on any atom is -0.247 e. The SMILES string of the molecule is FC1C(F)C2CCCC3C(F)C(F)C(CCCC1C2F)C3F. The van der Waals surface area contributed by atoms with Gasteiger partial charge in [-0.2, -0.15) is 0 Å². The zero-order valence-corrected chi connectivity index (χ0v) is 12.3. The summed E-state index contributed by atoms with van der Waals surface area (Å²) in [5.41, 5.74) is 0. The maximum atomic E-state index is 14.3. The first kappa shape index (κ1) is 16.4. The molecule has 0 spiro atoms. The van der Waals surface area contributed by atoms with Gasteiger partial charge in [0.05, 0.1) is 0 Å². The predicted octanol–water partition coefficient (Wildman–Crippen LogP) is 4.86. The first-order valence-electron chi connectivity index (χ1n) is 8.28. The van der Waals surface area contributed by atoms with Crippen LogP contribution in [0.25, 0.3) is 0 Å². The van der Waals surface area contributed by atoms with E-state index in [0.717, 1.165) is 0 Å². The molecule has 0 aliphatic heterocycles. The molecule has 8 atom stereocenters. The molecular weight excluding hydrogens is 306 g/mol. The van der Waals surface area contributed by atoms with Crippen molar-refractivity contribution in [3.05, 3.63) is 0 Å². The van der Waals surface area contributed by atoms with E-state index in [1.165, 1.54) is 0 Å². The molecule has 3 fully saturated rings.